The molecule has 0 bridgehead atoms. The van der Waals surface area contributed by atoms with Gasteiger partial charge < -0.3 is 9.30 Å². The molecule has 5 nitrogen and oxygen atoms in total. The minimum Gasteiger partial charge on any atom is -0.457 e. The van der Waals surface area contributed by atoms with Crippen molar-refractivity contribution in [2.24, 2.45) is 0 Å². The van der Waals surface area contributed by atoms with E-state index in [1.54, 1.807) is 12.1 Å². The molecule has 156 valence electrons. The van der Waals surface area contributed by atoms with Gasteiger partial charge in [-0.1, -0.05) is 12.1 Å². The molecule has 0 saturated carbocycles. The zero-order valence-electron chi connectivity index (χ0n) is 17.7. The molecular weight excluding hydrogens is 398 g/mol. The summed E-state index contributed by atoms with van der Waals surface area (Å²) in [5.74, 6) is -0.890. The molecule has 30 heavy (non-hydrogen) atoms. The lowest BCUT2D eigenvalue weighted by molar-refractivity contribution is -0.142. The Morgan fingerprint density at radius 2 is 1.63 bits per heavy atom. The fraction of sp³-hybridized carbons (Fsp3) is 0.292. The van der Waals surface area contributed by atoms with Gasteiger partial charge in [-0.25, -0.2) is 0 Å². The second-order valence-electron chi connectivity index (χ2n) is 7.45. The predicted octanol–water partition coefficient (Wildman–Crippen LogP) is 5.16. The minimum atomic E-state index is -0.545. The lowest BCUT2D eigenvalue weighted by Crippen LogP contribution is -2.15. The summed E-state index contributed by atoms with van der Waals surface area (Å²) in [5, 5.41) is 1.82. The van der Waals surface area contributed by atoms with Crippen LogP contribution in [0, 0.1) is 27.7 Å². The fourth-order valence-electron chi connectivity index (χ4n) is 3.59. The zero-order valence-corrected chi connectivity index (χ0v) is 18.5. The maximum absolute atomic E-state index is 12.7. The number of ether oxygens (including phenoxy) is 1. The first-order valence-electron chi connectivity index (χ1n) is 9.79. The maximum Gasteiger partial charge on any atom is 0.306 e. The average molecular weight is 424 g/mol. The van der Waals surface area contributed by atoms with Crippen molar-refractivity contribution in [1.29, 1.82) is 0 Å². The summed E-state index contributed by atoms with van der Waals surface area (Å²) in [6, 6.07) is 11.6. The van der Waals surface area contributed by atoms with Gasteiger partial charge in [0.25, 0.3) is 0 Å². The van der Waals surface area contributed by atoms with Crippen molar-refractivity contribution in [2.45, 2.75) is 40.5 Å². The van der Waals surface area contributed by atoms with E-state index in [0.29, 0.717) is 10.4 Å². The number of aromatic nitrogens is 1. The molecule has 0 saturated heterocycles. The maximum atomic E-state index is 12.7. The molecule has 2 heterocycles. The van der Waals surface area contributed by atoms with Gasteiger partial charge in [-0.15, -0.1) is 11.3 Å². The molecule has 6 heteroatoms. The molecule has 0 aliphatic carbocycles. The Labute approximate surface area is 180 Å². The van der Waals surface area contributed by atoms with Gasteiger partial charge in [-0.05, 0) is 68.5 Å². The first-order valence-corrected chi connectivity index (χ1v) is 10.7. The van der Waals surface area contributed by atoms with E-state index in [4.69, 9.17) is 4.74 Å². The number of aryl methyl sites for hydroxylation is 3. The van der Waals surface area contributed by atoms with E-state index < -0.39 is 5.97 Å². The van der Waals surface area contributed by atoms with Gasteiger partial charge in [0.05, 0.1) is 11.3 Å². The smallest absolute Gasteiger partial charge is 0.306 e. The Morgan fingerprint density at radius 3 is 2.27 bits per heavy atom. The average Bonchev–Trinajstić information content (AvgIpc) is 3.31. The van der Waals surface area contributed by atoms with Crippen LogP contribution < -0.4 is 0 Å². The highest BCUT2D eigenvalue weighted by Crippen LogP contribution is 2.23. The topological polar surface area (TPSA) is 65.4 Å². The van der Waals surface area contributed by atoms with Crippen molar-refractivity contribution in [2.75, 3.05) is 6.61 Å². The van der Waals surface area contributed by atoms with Crippen molar-refractivity contribution in [3.8, 4) is 5.69 Å². The van der Waals surface area contributed by atoms with Crippen molar-refractivity contribution in [1.82, 2.24) is 4.57 Å². The molecule has 2 aromatic heterocycles. The molecular formula is C24H25NO4S. The molecule has 3 rings (SSSR count). The number of hydrogen-bond acceptors (Lipinski definition) is 5. The number of nitrogens with zero attached hydrogens (tertiary/aromatic N) is 1. The third-order valence-electron chi connectivity index (χ3n) is 4.91. The Bertz CT molecular complexity index is 1070. The highest BCUT2D eigenvalue weighted by Gasteiger charge is 2.19. The van der Waals surface area contributed by atoms with Crippen LogP contribution in [0.2, 0.25) is 0 Å². The molecule has 0 radical (unpaired) electrons. The lowest BCUT2D eigenvalue weighted by Gasteiger charge is -2.12. The van der Waals surface area contributed by atoms with Crippen LogP contribution in [0.25, 0.3) is 5.69 Å². The van der Waals surface area contributed by atoms with Crippen LogP contribution in [0.4, 0.5) is 0 Å². The molecule has 0 N–H and O–H groups in total. The van der Waals surface area contributed by atoms with Crippen LogP contribution in [0.5, 0.6) is 0 Å². The van der Waals surface area contributed by atoms with E-state index in [2.05, 4.69) is 18.2 Å². The van der Waals surface area contributed by atoms with Crippen LogP contribution in [0.15, 0.2) is 41.8 Å². The molecule has 0 unspecified atom stereocenters. The summed E-state index contributed by atoms with van der Waals surface area (Å²) in [4.78, 5) is 37.2. The molecule has 1 aromatic carbocycles. The number of esters is 1. The number of carbonyl (C=O) groups is 3. The van der Waals surface area contributed by atoms with E-state index in [1.165, 1.54) is 11.3 Å². The summed E-state index contributed by atoms with van der Waals surface area (Å²) in [7, 11) is 0. The number of rotatable bonds is 8. The second-order valence-corrected chi connectivity index (χ2v) is 8.40. The van der Waals surface area contributed by atoms with Gasteiger partial charge in [0.1, 0.15) is 0 Å². The summed E-state index contributed by atoms with van der Waals surface area (Å²) in [5.41, 5.74) is 5.59. The van der Waals surface area contributed by atoms with Crippen molar-refractivity contribution in [3.05, 3.63) is 74.7 Å². The molecule has 0 spiro atoms. The van der Waals surface area contributed by atoms with E-state index in [0.717, 1.165) is 28.2 Å². The van der Waals surface area contributed by atoms with Gasteiger partial charge in [0.2, 0.25) is 5.78 Å². The third-order valence-corrected chi connectivity index (χ3v) is 5.82. The highest BCUT2D eigenvalue weighted by atomic mass is 32.1. The van der Waals surface area contributed by atoms with Crippen LogP contribution in [0.3, 0.4) is 0 Å². The van der Waals surface area contributed by atoms with E-state index in [9.17, 15) is 14.4 Å². The van der Waals surface area contributed by atoms with Crippen molar-refractivity contribution in [3.63, 3.8) is 0 Å². The standard InChI is InChI=1S/C24H25NO4S/c1-15-10-16(2)12-19(11-15)25-17(3)13-20(18(25)4)22(27)14-29-24(28)8-7-21(26)23-6-5-9-30-23/h5-6,9-13H,7-8,14H2,1-4H3. The summed E-state index contributed by atoms with van der Waals surface area (Å²) >= 11 is 1.35. The van der Waals surface area contributed by atoms with E-state index in [1.807, 2.05) is 43.7 Å². The quantitative estimate of drug-likeness (QED) is 0.371. The molecule has 0 aliphatic rings. The third kappa shape index (κ3) is 4.94. The zero-order chi connectivity index (χ0) is 21.8. The van der Waals surface area contributed by atoms with Crippen LogP contribution in [0.1, 0.15) is 55.4 Å². The number of Topliss-reactive ketones (excluding diaryl/α,β-unsaturated/α-hetero) is 2. The number of hydrogen-bond donors (Lipinski definition) is 0. The largest absolute Gasteiger partial charge is 0.457 e. The SMILES string of the molecule is Cc1cc(C)cc(-n2c(C)cc(C(=O)COC(=O)CCC(=O)c3cccs3)c2C)c1. The lowest BCUT2D eigenvalue weighted by atomic mass is 10.1. The Balaban J connectivity index is 1.63. The first kappa shape index (κ1) is 21.7. The van der Waals surface area contributed by atoms with Crippen molar-refractivity contribution < 1.29 is 19.1 Å². The molecule has 0 fully saturated rings. The van der Waals surface area contributed by atoms with Gasteiger partial charge >= 0.3 is 5.97 Å². The fourth-order valence-corrected chi connectivity index (χ4v) is 4.29. The minimum absolute atomic E-state index is 0.0361. The Kier molecular flexibility index (Phi) is 6.67. The molecule has 0 amide bonds. The molecule has 3 aromatic rings. The van der Waals surface area contributed by atoms with Gasteiger partial charge in [-0.2, -0.15) is 0 Å². The normalized spacial score (nSPS) is 10.8. The summed E-state index contributed by atoms with van der Waals surface area (Å²) in [6.45, 7) is 7.59. The second kappa shape index (κ2) is 9.22. The Morgan fingerprint density at radius 1 is 0.933 bits per heavy atom. The highest BCUT2D eigenvalue weighted by molar-refractivity contribution is 7.12. The molecule has 0 aliphatic heterocycles. The van der Waals surface area contributed by atoms with Crippen LogP contribution >= 0.6 is 11.3 Å². The van der Waals surface area contributed by atoms with Gasteiger partial charge in [-0.3, -0.25) is 14.4 Å². The van der Waals surface area contributed by atoms with Gasteiger partial charge in [0.15, 0.2) is 12.4 Å². The number of ketones is 2. The molecule has 0 atom stereocenters. The van der Waals surface area contributed by atoms with E-state index in [-0.39, 0.29) is 31.0 Å². The first-order chi connectivity index (χ1) is 14.3. The monoisotopic (exact) mass is 423 g/mol. The number of carbonyl (C=O) groups excluding carboxylic acids is 3. The number of thiophene rings is 1. The van der Waals surface area contributed by atoms with Crippen LogP contribution in [-0.2, 0) is 9.53 Å². The van der Waals surface area contributed by atoms with Gasteiger partial charge in [0, 0.05) is 29.1 Å². The van der Waals surface area contributed by atoms with Crippen molar-refractivity contribution >= 4 is 28.9 Å². The predicted molar refractivity (Wildman–Crippen MR) is 118 cm³/mol. The van der Waals surface area contributed by atoms with E-state index >= 15 is 0 Å². The Hall–Kier alpha value is -2.99. The number of benzene rings is 1. The van der Waals surface area contributed by atoms with Crippen LogP contribution in [-0.4, -0.2) is 28.7 Å². The summed E-state index contributed by atoms with van der Waals surface area (Å²) < 4.78 is 7.16. The summed E-state index contributed by atoms with van der Waals surface area (Å²) in [6.07, 6.45) is 0.0420.